The fourth-order valence-corrected chi connectivity index (χ4v) is 2.14. The largest absolute Gasteiger partial charge is 0.441 e. The van der Waals surface area contributed by atoms with Gasteiger partial charge in [-0.1, -0.05) is 6.92 Å². The zero-order chi connectivity index (χ0) is 17.4. The van der Waals surface area contributed by atoms with Gasteiger partial charge in [0.2, 0.25) is 5.91 Å². The molecule has 0 atom stereocenters. The molecule has 0 aliphatic rings. The minimum atomic E-state index is -0.713. The predicted molar refractivity (Wildman–Crippen MR) is 86.3 cm³/mol. The molecule has 0 bridgehead atoms. The second-order valence-corrected chi connectivity index (χ2v) is 5.34. The zero-order valence-electron chi connectivity index (χ0n) is 13.6. The Kier molecular flexibility index (Phi) is 6.87. The summed E-state index contributed by atoms with van der Waals surface area (Å²) in [4.78, 5) is 15.7. The van der Waals surface area contributed by atoms with E-state index in [1.54, 1.807) is 0 Å². The Morgan fingerprint density at radius 1 is 1.25 bits per heavy atom. The molecule has 24 heavy (non-hydrogen) atoms. The van der Waals surface area contributed by atoms with Crippen LogP contribution in [-0.2, 0) is 11.2 Å². The summed E-state index contributed by atoms with van der Waals surface area (Å²) in [6.07, 6.45) is 2.98. The number of aromatic nitrogens is 1. The number of benzene rings is 1. The fourth-order valence-electron chi connectivity index (χ4n) is 2.14. The van der Waals surface area contributed by atoms with Crippen LogP contribution in [0.4, 0.5) is 8.78 Å². The number of oxazole rings is 1. The van der Waals surface area contributed by atoms with Crippen molar-refractivity contribution < 1.29 is 18.0 Å². The van der Waals surface area contributed by atoms with Crippen molar-refractivity contribution in [3.63, 3.8) is 0 Å². The molecule has 0 aliphatic heterocycles. The minimum Gasteiger partial charge on any atom is -0.441 e. The Morgan fingerprint density at radius 3 is 2.83 bits per heavy atom. The lowest BCUT2D eigenvalue weighted by molar-refractivity contribution is -0.121. The summed E-state index contributed by atoms with van der Waals surface area (Å²) in [6.45, 7) is 4.30. The number of carbonyl (C=O) groups is 1. The summed E-state index contributed by atoms with van der Waals surface area (Å²) in [5.41, 5.74) is 0.140. The van der Waals surface area contributed by atoms with Gasteiger partial charge in [0.25, 0.3) is 0 Å². The first-order chi connectivity index (χ1) is 11.6. The Hall–Kier alpha value is -2.28. The van der Waals surface area contributed by atoms with Crippen molar-refractivity contribution in [3.05, 3.63) is 41.9 Å². The summed E-state index contributed by atoms with van der Waals surface area (Å²) in [7, 11) is 0. The van der Waals surface area contributed by atoms with Crippen molar-refractivity contribution in [2.75, 3.05) is 19.6 Å². The van der Waals surface area contributed by atoms with Gasteiger partial charge in [-0.25, -0.2) is 13.8 Å². The molecular formula is C17H21F2N3O2. The lowest BCUT2D eigenvalue weighted by Crippen LogP contribution is -2.32. The SMILES string of the molecule is CCCNCCNC(=O)CCc1ncc(-c2ccc(F)cc2F)o1. The first-order valence-corrected chi connectivity index (χ1v) is 7.97. The van der Waals surface area contributed by atoms with E-state index in [2.05, 4.69) is 22.5 Å². The van der Waals surface area contributed by atoms with Crippen LogP contribution < -0.4 is 10.6 Å². The van der Waals surface area contributed by atoms with E-state index >= 15 is 0 Å². The first-order valence-electron chi connectivity index (χ1n) is 7.97. The molecule has 0 spiro atoms. The van der Waals surface area contributed by atoms with Crippen molar-refractivity contribution in [1.29, 1.82) is 0 Å². The molecule has 1 aromatic heterocycles. The molecule has 0 saturated carbocycles. The number of hydrogen-bond donors (Lipinski definition) is 2. The topological polar surface area (TPSA) is 67.2 Å². The summed E-state index contributed by atoms with van der Waals surface area (Å²) in [5, 5.41) is 5.98. The van der Waals surface area contributed by atoms with Gasteiger partial charge in [0, 0.05) is 32.0 Å². The average Bonchev–Trinajstić information content (AvgIpc) is 3.01. The number of halogens is 2. The maximum Gasteiger partial charge on any atom is 0.220 e. The van der Waals surface area contributed by atoms with E-state index in [0.717, 1.165) is 31.6 Å². The second-order valence-electron chi connectivity index (χ2n) is 5.34. The molecule has 2 N–H and O–H groups in total. The van der Waals surface area contributed by atoms with Crippen LogP contribution in [0.2, 0.25) is 0 Å². The molecule has 0 unspecified atom stereocenters. The van der Waals surface area contributed by atoms with Gasteiger partial charge in [0.05, 0.1) is 11.8 Å². The van der Waals surface area contributed by atoms with Crippen LogP contribution in [0.5, 0.6) is 0 Å². The summed E-state index contributed by atoms with van der Waals surface area (Å²) >= 11 is 0. The van der Waals surface area contributed by atoms with Crippen LogP contribution in [0.15, 0.2) is 28.8 Å². The van der Waals surface area contributed by atoms with E-state index in [9.17, 15) is 13.6 Å². The van der Waals surface area contributed by atoms with Crippen molar-refractivity contribution in [2.45, 2.75) is 26.2 Å². The molecule has 0 fully saturated rings. The van der Waals surface area contributed by atoms with Gasteiger partial charge in [-0.3, -0.25) is 4.79 Å². The lowest BCUT2D eigenvalue weighted by Gasteiger charge is -2.05. The summed E-state index contributed by atoms with van der Waals surface area (Å²) in [6, 6.07) is 3.24. The number of aryl methyl sites for hydroxylation is 1. The Balaban J connectivity index is 1.80. The second kappa shape index (κ2) is 9.12. The third-order valence-electron chi connectivity index (χ3n) is 3.37. The fraction of sp³-hybridized carbons (Fsp3) is 0.412. The van der Waals surface area contributed by atoms with Crippen LogP contribution in [0.3, 0.4) is 0 Å². The molecule has 0 aliphatic carbocycles. The van der Waals surface area contributed by atoms with E-state index in [1.807, 2.05) is 0 Å². The molecule has 7 heteroatoms. The normalized spacial score (nSPS) is 10.8. The third-order valence-corrected chi connectivity index (χ3v) is 3.37. The van der Waals surface area contributed by atoms with E-state index in [4.69, 9.17) is 4.42 Å². The Labute approximate surface area is 139 Å². The third kappa shape index (κ3) is 5.42. The molecular weight excluding hydrogens is 316 g/mol. The first kappa shape index (κ1) is 18.1. The highest BCUT2D eigenvalue weighted by molar-refractivity contribution is 5.76. The van der Waals surface area contributed by atoms with Gasteiger partial charge >= 0.3 is 0 Å². The highest BCUT2D eigenvalue weighted by atomic mass is 19.1. The number of carbonyl (C=O) groups excluding carboxylic acids is 1. The van der Waals surface area contributed by atoms with Crippen molar-refractivity contribution in [3.8, 4) is 11.3 Å². The smallest absolute Gasteiger partial charge is 0.220 e. The highest BCUT2D eigenvalue weighted by Gasteiger charge is 2.12. The van der Waals surface area contributed by atoms with Crippen molar-refractivity contribution >= 4 is 5.91 Å². The Bertz CT molecular complexity index is 674. The summed E-state index contributed by atoms with van der Waals surface area (Å²) < 4.78 is 32.0. The van der Waals surface area contributed by atoms with Crippen molar-refractivity contribution in [2.24, 2.45) is 0 Å². The van der Waals surface area contributed by atoms with Gasteiger partial charge in [0.1, 0.15) is 11.6 Å². The monoisotopic (exact) mass is 337 g/mol. The molecule has 0 radical (unpaired) electrons. The molecule has 130 valence electrons. The molecule has 2 rings (SSSR count). The molecule has 0 saturated heterocycles. The maximum atomic E-state index is 13.7. The van der Waals surface area contributed by atoms with Crippen LogP contribution in [-0.4, -0.2) is 30.5 Å². The number of amides is 1. The number of hydrogen-bond acceptors (Lipinski definition) is 4. The molecule has 5 nitrogen and oxygen atoms in total. The maximum absolute atomic E-state index is 13.7. The predicted octanol–water partition coefficient (Wildman–Crippen LogP) is 2.67. The van der Waals surface area contributed by atoms with Crippen LogP contribution in [0.25, 0.3) is 11.3 Å². The minimum absolute atomic E-state index is 0.0963. The van der Waals surface area contributed by atoms with Crippen molar-refractivity contribution in [1.82, 2.24) is 15.6 Å². The standard InChI is InChI=1S/C17H21F2N3O2/c1-2-7-20-8-9-21-16(23)5-6-17-22-11-15(24-17)13-4-3-12(18)10-14(13)19/h3-4,10-11,20H,2,5-9H2,1H3,(H,21,23). The highest BCUT2D eigenvalue weighted by Crippen LogP contribution is 2.24. The number of rotatable bonds is 9. The number of nitrogens with zero attached hydrogens (tertiary/aromatic N) is 1. The van der Waals surface area contributed by atoms with Gasteiger partial charge in [-0.15, -0.1) is 0 Å². The zero-order valence-corrected chi connectivity index (χ0v) is 13.6. The molecule has 1 aromatic carbocycles. The van der Waals surface area contributed by atoms with E-state index < -0.39 is 11.6 Å². The Morgan fingerprint density at radius 2 is 2.08 bits per heavy atom. The average molecular weight is 337 g/mol. The van der Waals surface area contributed by atoms with E-state index in [0.29, 0.717) is 18.9 Å². The van der Waals surface area contributed by atoms with Gasteiger partial charge in [-0.05, 0) is 25.1 Å². The molecule has 1 heterocycles. The molecule has 1 amide bonds. The van der Waals surface area contributed by atoms with Gasteiger partial charge in [-0.2, -0.15) is 0 Å². The van der Waals surface area contributed by atoms with Crippen LogP contribution in [0, 0.1) is 11.6 Å². The summed E-state index contributed by atoms with van der Waals surface area (Å²) in [5.74, 6) is -0.906. The number of nitrogens with one attached hydrogen (secondary N) is 2. The van der Waals surface area contributed by atoms with Gasteiger partial charge < -0.3 is 15.1 Å². The molecule has 2 aromatic rings. The van der Waals surface area contributed by atoms with Crippen LogP contribution in [0.1, 0.15) is 25.7 Å². The lowest BCUT2D eigenvalue weighted by atomic mass is 10.2. The van der Waals surface area contributed by atoms with E-state index in [-0.39, 0.29) is 23.7 Å². The van der Waals surface area contributed by atoms with Crippen LogP contribution >= 0.6 is 0 Å². The van der Waals surface area contributed by atoms with Gasteiger partial charge in [0.15, 0.2) is 11.7 Å². The quantitative estimate of drug-likeness (QED) is 0.691. The van der Waals surface area contributed by atoms with E-state index in [1.165, 1.54) is 12.3 Å².